The summed E-state index contributed by atoms with van der Waals surface area (Å²) in [5.74, 6) is -0.544. The molecule has 1 heterocycles. The number of benzene rings is 2. The van der Waals surface area contributed by atoms with Crippen LogP contribution in [0.25, 0.3) is 6.08 Å². The van der Waals surface area contributed by atoms with E-state index >= 15 is 0 Å². The summed E-state index contributed by atoms with van der Waals surface area (Å²) in [4.78, 5) is 26.3. The van der Waals surface area contributed by atoms with Crippen LogP contribution in [0.1, 0.15) is 24.0 Å². The molecule has 5 heteroatoms. The largest absolute Gasteiger partial charge is 0.352 e. The van der Waals surface area contributed by atoms with Crippen LogP contribution in [0.2, 0.25) is 0 Å². The van der Waals surface area contributed by atoms with E-state index in [1.54, 1.807) is 23.1 Å². The molecule has 1 fully saturated rings. The van der Waals surface area contributed by atoms with Crippen LogP contribution in [-0.2, 0) is 16.1 Å². The van der Waals surface area contributed by atoms with E-state index in [1.807, 2.05) is 30.3 Å². The molecule has 1 N–H and O–H groups in total. The van der Waals surface area contributed by atoms with Crippen LogP contribution < -0.4 is 5.32 Å². The molecule has 4 nitrogen and oxygen atoms in total. The quantitative estimate of drug-likeness (QED) is 0.825. The maximum Gasteiger partial charge on any atom is 0.246 e. The zero-order valence-electron chi connectivity index (χ0n) is 15.1. The molecule has 27 heavy (non-hydrogen) atoms. The van der Waals surface area contributed by atoms with Crippen LogP contribution in [-0.4, -0.2) is 29.8 Å². The number of amides is 2. The second-order valence-electron chi connectivity index (χ2n) is 6.66. The normalized spacial score (nSPS) is 15.1. The number of rotatable bonds is 5. The average Bonchev–Trinajstić information content (AvgIpc) is 2.72. The highest BCUT2D eigenvalue weighted by Gasteiger charge is 2.26. The van der Waals surface area contributed by atoms with Crippen molar-refractivity contribution in [1.29, 1.82) is 0 Å². The smallest absolute Gasteiger partial charge is 0.246 e. The van der Waals surface area contributed by atoms with Crippen molar-refractivity contribution in [3.05, 3.63) is 77.6 Å². The Hall–Kier alpha value is -2.95. The molecule has 2 amide bonds. The van der Waals surface area contributed by atoms with Crippen LogP contribution in [0.15, 0.2) is 60.7 Å². The zero-order chi connectivity index (χ0) is 19.1. The number of carbonyl (C=O) groups is 2. The molecule has 2 aromatic carbocycles. The lowest BCUT2D eigenvalue weighted by Gasteiger charge is -2.30. The second-order valence-corrected chi connectivity index (χ2v) is 6.66. The van der Waals surface area contributed by atoms with E-state index in [2.05, 4.69) is 5.32 Å². The van der Waals surface area contributed by atoms with Crippen LogP contribution in [0.3, 0.4) is 0 Å². The molecule has 1 aliphatic heterocycles. The third-order valence-corrected chi connectivity index (χ3v) is 4.80. The monoisotopic (exact) mass is 366 g/mol. The minimum atomic E-state index is -0.352. The van der Waals surface area contributed by atoms with Crippen LogP contribution in [0.5, 0.6) is 0 Å². The van der Waals surface area contributed by atoms with Gasteiger partial charge in [0.15, 0.2) is 0 Å². The van der Waals surface area contributed by atoms with Crippen LogP contribution >= 0.6 is 0 Å². The molecule has 0 saturated carbocycles. The van der Waals surface area contributed by atoms with E-state index in [1.165, 1.54) is 18.2 Å². The summed E-state index contributed by atoms with van der Waals surface area (Å²) in [6.07, 6.45) is 4.17. The van der Waals surface area contributed by atoms with Gasteiger partial charge in [0.2, 0.25) is 11.8 Å². The Balaban J connectivity index is 1.46. The molecule has 1 aliphatic rings. The summed E-state index contributed by atoms with van der Waals surface area (Å²) >= 11 is 0. The number of hydrogen-bond donors (Lipinski definition) is 1. The number of likely N-dealkylation sites (tertiary alicyclic amines) is 1. The van der Waals surface area contributed by atoms with Gasteiger partial charge in [0, 0.05) is 37.2 Å². The van der Waals surface area contributed by atoms with Crippen LogP contribution in [0, 0.1) is 11.7 Å². The molecule has 0 spiro atoms. The van der Waals surface area contributed by atoms with Crippen LogP contribution in [0.4, 0.5) is 4.39 Å². The summed E-state index contributed by atoms with van der Waals surface area (Å²) in [5, 5.41) is 2.97. The molecular formula is C22H23FN2O2. The van der Waals surface area contributed by atoms with Gasteiger partial charge in [-0.15, -0.1) is 0 Å². The Labute approximate surface area is 158 Å². The first-order chi connectivity index (χ1) is 13.1. The Morgan fingerprint density at radius 1 is 1.04 bits per heavy atom. The molecule has 0 aromatic heterocycles. The fraction of sp³-hybridized carbons (Fsp3) is 0.273. The molecule has 3 rings (SSSR count). The van der Waals surface area contributed by atoms with Crippen molar-refractivity contribution in [3.63, 3.8) is 0 Å². The lowest BCUT2D eigenvalue weighted by Crippen LogP contribution is -2.42. The minimum Gasteiger partial charge on any atom is -0.352 e. The van der Waals surface area contributed by atoms with Gasteiger partial charge in [-0.3, -0.25) is 9.59 Å². The molecular weight excluding hydrogens is 343 g/mol. The predicted molar refractivity (Wildman–Crippen MR) is 103 cm³/mol. The molecule has 0 radical (unpaired) electrons. The molecule has 2 aromatic rings. The zero-order valence-corrected chi connectivity index (χ0v) is 15.1. The Kier molecular flexibility index (Phi) is 6.36. The standard InChI is InChI=1S/C22H23FN2O2/c23-20-9-5-4-8-18(20)10-11-21(26)25-14-12-19(13-15-25)22(27)24-16-17-6-2-1-3-7-17/h1-11,19H,12-16H2,(H,24,27)/b11-10+. The van der Waals surface area contributed by atoms with Gasteiger partial charge >= 0.3 is 0 Å². The molecule has 0 atom stereocenters. The third-order valence-electron chi connectivity index (χ3n) is 4.80. The van der Waals surface area contributed by atoms with Crippen molar-refractivity contribution < 1.29 is 14.0 Å². The van der Waals surface area contributed by atoms with E-state index in [0.29, 0.717) is 38.0 Å². The second kappa shape index (κ2) is 9.12. The molecule has 0 unspecified atom stereocenters. The van der Waals surface area contributed by atoms with Gasteiger partial charge in [0.1, 0.15) is 5.82 Å². The van der Waals surface area contributed by atoms with Crippen molar-refractivity contribution in [2.45, 2.75) is 19.4 Å². The summed E-state index contributed by atoms with van der Waals surface area (Å²) in [6.45, 7) is 1.58. The topological polar surface area (TPSA) is 49.4 Å². The summed E-state index contributed by atoms with van der Waals surface area (Å²) < 4.78 is 13.6. The first kappa shape index (κ1) is 18.8. The van der Waals surface area contributed by atoms with Gasteiger partial charge in [-0.05, 0) is 30.5 Å². The summed E-state index contributed by atoms with van der Waals surface area (Å²) in [6, 6.07) is 16.1. The van der Waals surface area contributed by atoms with E-state index < -0.39 is 0 Å². The minimum absolute atomic E-state index is 0.0350. The lowest BCUT2D eigenvalue weighted by molar-refractivity contribution is -0.132. The highest BCUT2D eigenvalue weighted by Crippen LogP contribution is 2.18. The predicted octanol–water partition coefficient (Wildman–Crippen LogP) is 3.39. The first-order valence-electron chi connectivity index (χ1n) is 9.16. The number of nitrogens with one attached hydrogen (secondary N) is 1. The first-order valence-corrected chi connectivity index (χ1v) is 9.16. The third kappa shape index (κ3) is 5.26. The van der Waals surface area contributed by atoms with Crippen molar-refractivity contribution in [2.75, 3.05) is 13.1 Å². The summed E-state index contributed by atoms with van der Waals surface area (Å²) in [7, 11) is 0. The number of hydrogen-bond acceptors (Lipinski definition) is 2. The van der Waals surface area contributed by atoms with E-state index in [4.69, 9.17) is 0 Å². The summed E-state index contributed by atoms with van der Waals surface area (Å²) in [5.41, 5.74) is 1.46. The Bertz CT molecular complexity index is 812. The fourth-order valence-electron chi connectivity index (χ4n) is 3.17. The van der Waals surface area contributed by atoms with Gasteiger partial charge < -0.3 is 10.2 Å². The maximum absolute atomic E-state index is 13.6. The van der Waals surface area contributed by atoms with E-state index in [9.17, 15) is 14.0 Å². The molecule has 0 aliphatic carbocycles. The SMILES string of the molecule is O=C(NCc1ccccc1)C1CCN(C(=O)/C=C/c2ccccc2F)CC1. The highest BCUT2D eigenvalue weighted by atomic mass is 19.1. The number of carbonyl (C=O) groups excluding carboxylic acids is 2. The van der Waals surface area contributed by atoms with E-state index in [-0.39, 0.29) is 23.5 Å². The van der Waals surface area contributed by atoms with Crippen molar-refractivity contribution >= 4 is 17.9 Å². The van der Waals surface area contributed by atoms with Gasteiger partial charge in [0.25, 0.3) is 0 Å². The van der Waals surface area contributed by atoms with Gasteiger partial charge in [-0.1, -0.05) is 48.5 Å². The molecule has 0 bridgehead atoms. The Morgan fingerprint density at radius 3 is 2.41 bits per heavy atom. The van der Waals surface area contributed by atoms with Gasteiger partial charge in [-0.25, -0.2) is 4.39 Å². The van der Waals surface area contributed by atoms with E-state index in [0.717, 1.165) is 5.56 Å². The maximum atomic E-state index is 13.6. The average molecular weight is 366 g/mol. The molecule has 1 saturated heterocycles. The van der Waals surface area contributed by atoms with Crippen molar-refractivity contribution in [3.8, 4) is 0 Å². The van der Waals surface area contributed by atoms with Gasteiger partial charge in [0.05, 0.1) is 0 Å². The number of halogens is 1. The van der Waals surface area contributed by atoms with Crippen molar-refractivity contribution in [2.24, 2.45) is 5.92 Å². The number of piperidine rings is 1. The molecule has 140 valence electrons. The van der Waals surface area contributed by atoms with Crippen molar-refractivity contribution in [1.82, 2.24) is 10.2 Å². The Morgan fingerprint density at radius 2 is 1.70 bits per heavy atom. The highest BCUT2D eigenvalue weighted by molar-refractivity contribution is 5.92. The lowest BCUT2D eigenvalue weighted by atomic mass is 9.95. The van der Waals surface area contributed by atoms with Gasteiger partial charge in [-0.2, -0.15) is 0 Å². The number of nitrogens with zero attached hydrogens (tertiary/aromatic N) is 1. The fourth-order valence-corrected chi connectivity index (χ4v) is 3.17.